The van der Waals surface area contributed by atoms with E-state index in [1.807, 2.05) is 13.8 Å². The maximum atomic E-state index is 12.0. The van der Waals surface area contributed by atoms with Gasteiger partial charge in [0, 0.05) is 18.5 Å². The van der Waals surface area contributed by atoms with E-state index in [1.54, 1.807) is 0 Å². The molecule has 0 spiro atoms. The molecule has 0 saturated carbocycles. The molecule has 13 heavy (non-hydrogen) atoms. The lowest BCUT2D eigenvalue weighted by atomic mass is 10.2. The lowest BCUT2D eigenvalue weighted by Crippen LogP contribution is -2.01. The van der Waals surface area contributed by atoms with Crippen LogP contribution >= 0.6 is 7.14 Å². The van der Waals surface area contributed by atoms with Crippen molar-refractivity contribution >= 4 is 13.1 Å². The Balaban J connectivity index is 2.54. The molecule has 0 bridgehead atoms. The molecule has 1 aliphatic heterocycles. The first-order chi connectivity index (χ1) is 5.93. The van der Waals surface area contributed by atoms with Crippen LogP contribution in [0.4, 0.5) is 0 Å². The first kappa shape index (κ1) is 10.5. The normalized spacial score (nSPS) is 20.8. The summed E-state index contributed by atoms with van der Waals surface area (Å²) in [6.07, 6.45) is 1.66. The van der Waals surface area contributed by atoms with Gasteiger partial charge >= 0.3 is 5.97 Å². The van der Waals surface area contributed by atoms with Gasteiger partial charge in [0.05, 0.1) is 13.6 Å². The van der Waals surface area contributed by atoms with Crippen molar-refractivity contribution in [1.82, 2.24) is 0 Å². The van der Waals surface area contributed by atoms with Gasteiger partial charge in [-0.05, 0) is 13.8 Å². The van der Waals surface area contributed by atoms with Gasteiger partial charge in [-0.15, -0.1) is 0 Å². The molecule has 1 rings (SSSR count). The smallest absolute Gasteiger partial charge is 0.303 e. The average Bonchev–Trinajstić information content (AvgIpc) is 2.24. The zero-order chi connectivity index (χ0) is 10.1. The van der Waals surface area contributed by atoms with Crippen LogP contribution in [0.25, 0.3) is 0 Å². The molecule has 3 nitrogen and oxygen atoms in total. The number of hydrogen-bond donors (Lipinski definition) is 1. The molecule has 0 unspecified atom stereocenters. The first-order valence-electron chi connectivity index (χ1n) is 4.37. The van der Waals surface area contributed by atoms with Crippen molar-refractivity contribution in [2.75, 3.05) is 18.5 Å². The lowest BCUT2D eigenvalue weighted by molar-refractivity contribution is -0.136. The molecule has 0 aromatic rings. The Bertz CT molecular complexity index is 286. The number of hydrogen-bond acceptors (Lipinski definition) is 2. The van der Waals surface area contributed by atoms with Crippen LogP contribution < -0.4 is 0 Å². The van der Waals surface area contributed by atoms with E-state index >= 15 is 0 Å². The Morgan fingerprint density at radius 2 is 1.85 bits per heavy atom. The highest BCUT2D eigenvalue weighted by molar-refractivity contribution is 7.64. The number of carboxylic acid groups (broad SMARTS) is 1. The molecular weight excluding hydrogens is 187 g/mol. The maximum absolute atomic E-state index is 12.0. The third kappa shape index (κ3) is 2.70. The van der Waals surface area contributed by atoms with Crippen molar-refractivity contribution in [2.45, 2.75) is 20.3 Å². The summed E-state index contributed by atoms with van der Waals surface area (Å²) in [4.78, 5) is 10.3. The molecule has 0 atom stereocenters. The predicted octanol–water partition coefficient (Wildman–Crippen LogP) is 2.17. The number of aliphatic carboxylic acids is 1. The van der Waals surface area contributed by atoms with Crippen molar-refractivity contribution in [3.05, 3.63) is 11.1 Å². The fraction of sp³-hybridized carbons (Fsp3) is 0.667. The number of carboxylic acids is 1. The first-order valence-corrected chi connectivity index (χ1v) is 6.63. The van der Waals surface area contributed by atoms with Crippen molar-refractivity contribution in [2.24, 2.45) is 0 Å². The summed E-state index contributed by atoms with van der Waals surface area (Å²) in [6, 6.07) is 0. The molecule has 0 fully saturated rings. The molecule has 74 valence electrons. The molecule has 0 aliphatic carbocycles. The second kappa shape index (κ2) is 3.67. The van der Waals surface area contributed by atoms with Crippen LogP contribution in [0, 0.1) is 0 Å². The minimum absolute atomic E-state index is 0.0395. The Kier molecular flexibility index (Phi) is 2.97. The van der Waals surface area contributed by atoms with E-state index < -0.39 is 13.1 Å². The molecule has 0 saturated heterocycles. The zero-order valence-corrected chi connectivity index (χ0v) is 8.93. The minimum Gasteiger partial charge on any atom is -0.481 e. The molecule has 4 heteroatoms. The van der Waals surface area contributed by atoms with Gasteiger partial charge in [0.15, 0.2) is 0 Å². The fourth-order valence-corrected chi connectivity index (χ4v) is 4.94. The summed E-state index contributed by atoms with van der Waals surface area (Å²) in [5, 5.41) is 8.49. The molecule has 0 aromatic heterocycles. The van der Waals surface area contributed by atoms with Crippen LogP contribution in [-0.4, -0.2) is 29.6 Å². The highest BCUT2D eigenvalue weighted by Gasteiger charge is 2.29. The quantitative estimate of drug-likeness (QED) is 0.563. The summed E-state index contributed by atoms with van der Waals surface area (Å²) < 4.78 is 12.0. The standard InChI is InChI=1S/C9H15O3P/c1-7-5-13(12,6-8(7)2)4-3-9(10)11/h3-6H2,1-2H3,(H,10,11). The lowest BCUT2D eigenvalue weighted by Gasteiger charge is -2.09. The number of carbonyl (C=O) groups is 1. The summed E-state index contributed by atoms with van der Waals surface area (Å²) >= 11 is 0. The van der Waals surface area contributed by atoms with E-state index in [1.165, 1.54) is 11.1 Å². The van der Waals surface area contributed by atoms with Gasteiger partial charge in [-0.25, -0.2) is 0 Å². The molecule has 0 aromatic carbocycles. The summed E-state index contributed by atoms with van der Waals surface area (Å²) in [7, 11) is -2.19. The SMILES string of the molecule is CC1=C(C)CP(=O)(CCC(=O)O)C1. The fourth-order valence-electron chi connectivity index (χ4n) is 1.65. The second-order valence-electron chi connectivity index (χ2n) is 3.80. The molecular formula is C9H15O3P. The van der Waals surface area contributed by atoms with Gasteiger partial charge in [0.2, 0.25) is 0 Å². The monoisotopic (exact) mass is 202 g/mol. The van der Waals surface area contributed by atoms with Gasteiger partial charge in [0.25, 0.3) is 0 Å². The van der Waals surface area contributed by atoms with E-state index in [9.17, 15) is 9.36 Å². The largest absolute Gasteiger partial charge is 0.481 e. The molecule has 1 N–H and O–H groups in total. The van der Waals surface area contributed by atoms with Crippen LogP contribution in [0.2, 0.25) is 0 Å². The molecule has 0 radical (unpaired) electrons. The van der Waals surface area contributed by atoms with Gasteiger partial charge < -0.3 is 9.67 Å². The van der Waals surface area contributed by atoms with Crippen LogP contribution in [0.3, 0.4) is 0 Å². The third-order valence-corrected chi connectivity index (χ3v) is 5.65. The Morgan fingerprint density at radius 3 is 2.23 bits per heavy atom. The van der Waals surface area contributed by atoms with Crippen LogP contribution in [-0.2, 0) is 9.36 Å². The van der Waals surface area contributed by atoms with Crippen molar-refractivity contribution in [3.63, 3.8) is 0 Å². The minimum atomic E-state index is -2.19. The Labute approximate surface area is 78.2 Å². The summed E-state index contributed by atoms with van der Waals surface area (Å²) in [5.41, 5.74) is 2.38. The third-order valence-electron chi connectivity index (χ3n) is 2.51. The van der Waals surface area contributed by atoms with Crippen LogP contribution in [0.1, 0.15) is 20.3 Å². The zero-order valence-electron chi connectivity index (χ0n) is 8.04. The van der Waals surface area contributed by atoms with Gasteiger partial charge in [-0.1, -0.05) is 11.1 Å². The van der Waals surface area contributed by atoms with E-state index in [2.05, 4.69) is 0 Å². The summed E-state index contributed by atoms with van der Waals surface area (Å²) in [5.74, 6) is -0.850. The van der Waals surface area contributed by atoms with E-state index in [0.717, 1.165) is 0 Å². The van der Waals surface area contributed by atoms with Crippen LogP contribution in [0.15, 0.2) is 11.1 Å². The predicted molar refractivity (Wildman–Crippen MR) is 52.8 cm³/mol. The van der Waals surface area contributed by atoms with Crippen LogP contribution in [0.5, 0.6) is 0 Å². The molecule has 1 heterocycles. The second-order valence-corrected chi connectivity index (χ2v) is 7.00. The number of rotatable bonds is 3. The highest BCUT2D eigenvalue weighted by atomic mass is 31.2. The number of allylic oxidation sites excluding steroid dienone is 2. The Hall–Kier alpha value is -0.560. The molecule has 0 amide bonds. The van der Waals surface area contributed by atoms with Gasteiger partial charge in [-0.2, -0.15) is 0 Å². The van der Waals surface area contributed by atoms with E-state index in [-0.39, 0.29) is 6.42 Å². The van der Waals surface area contributed by atoms with Crippen molar-refractivity contribution in [1.29, 1.82) is 0 Å². The summed E-state index contributed by atoms with van der Waals surface area (Å²) in [6.45, 7) is 3.96. The van der Waals surface area contributed by atoms with E-state index in [4.69, 9.17) is 5.11 Å². The van der Waals surface area contributed by atoms with Gasteiger partial charge in [-0.3, -0.25) is 4.79 Å². The van der Waals surface area contributed by atoms with E-state index in [0.29, 0.717) is 18.5 Å². The maximum Gasteiger partial charge on any atom is 0.303 e. The molecule has 1 aliphatic rings. The highest BCUT2D eigenvalue weighted by Crippen LogP contribution is 2.54. The topological polar surface area (TPSA) is 54.4 Å². The van der Waals surface area contributed by atoms with Crippen molar-refractivity contribution in [3.8, 4) is 0 Å². The van der Waals surface area contributed by atoms with Gasteiger partial charge in [0.1, 0.15) is 0 Å². The Morgan fingerprint density at radius 1 is 1.38 bits per heavy atom. The average molecular weight is 202 g/mol. The van der Waals surface area contributed by atoms with Crippen molar-refractivity contribution < 1.29 is 14.5 Å².